The molecule has 106 valence electrons. The molecule has 0 atom stereocenters. The molecule has 0 fully saturated rings. The van der Waals surface area contributed by atoms with Crippen LogP contribution in [0.25, 0.3) is 0 Å². The van der Waals surface area contributed by atoms with Gasteiger partial charge in [0, 0.05) is 18.8 Å². The Morgan fingerprint density at radius 2 is 1.95 bits per heavy atom. The Kier molecular flexibility index (Phi) is 4.57. The number of para-hydroxylation sites is 1. The molecule has 1 aromatic carbocycles. The van der Waals surface area contributed by atoms with Crippen LogP contribution in [-0.2, 0) is 0 Å². The number of carbonyl (C=O) groups is 1. The van der Waals surface area contributed by atoms with Crippen molar-refractivity contribution in [3.63, 3.8) is 0 Å². The number of rotatable bonds is 5. The van der Waals surface area contributed by atoms with Crippen LogP contribution in [0.5, 0.6) is 0 Å². The van der Waals surface area contributed by atoms with E-state index in [1.165, 1.54) is 11.3 Å². The standard InChI is InChI=1S/C14H18N4OS/c1-3-18(4-2)14-17-12(15)11(20-14)13(19)16-10-8-6-5-7-9-10/h5-9H,3-4,15H2,1-2H3,(H,16,19). The maximum absolute atomic E-state index is 12.2. The van der Waals surface area contributed by atoms with Gasteiger partial charge < -0.3 is 16.0 Å². The average molecular weight is 290 g/mol. The van der Waals surface area contributed by atoms with Crippen molar-refractivity contribution in [2.75, 3.05) is 29.0 Å². The molecule has 0 bridgehead atoms. The van der Waals surface area contributed by atoms with Crippen LogP contribution in [0.1, 0.15) is 23.5 Å². The molecule has 6 heteroatoms. The summed E-state index contributed by atoms with van der Waals surface area (Å²) in [4.78, 5) is 19.0. The van der Waals surface area contributed by atoms with Crippen molar-refractivity contribution < 1.29 is 4.79 Å². The molecule has 1 heterocycles. The summed E-state index contributed by atoms with van der Waals surface area (Å²) in [6.07, 6.45) is 0. The summed E-state index contributed by atoms with van der Waals surface area (Å²) in [5.41, 5.74) is 6.60. The van der Waals surface area contributed by atoms with Gasteiger partial charge in [-0.15, -0.1) is 0 Å². The second-order valence-electron chi connectivity index (χ2n) is 4.20. The Hall–Kier alpha value is -2.08. The van der Waals surface area contributed by atoms with Gasteiger partial charge in [0.1, 0.15) is 10.7 Å². The predicted octanol–water partition coefficient (Wildman–Crippen LogP) is 2.82. The van der Waals surface area contributed by atoms with E-state index >= 15 is 0 Å². The van der Waals surface area contributed by atoms with E-state index in [4.69, 9.17) is 5.73 Å². The molecule has 2 rings (SSSR count). The van der Waals surface area contributed by atoms with Gasteiger partial charge in [-0.05, 0) is 26.0 Å². The zero-order valence-electron chi connectivity index (χ0n) is 11.6. The van der Waals surface area contributed by atoms with Crippen LogP contribution in [0.4, 0.5) is 16.6 Å². The van der Waals surface area contributed by atoms with Crippen molar-refractivity contribution in [1.82, 2.24) is 4.98 Å². The van der Waals surface area contributed by atoms with Gasteiger partial charge >= 0.3 is 0 Å². The molecule has 2 aromatic rings. The number of nitrogens with two attached hydrogens (primary N) is 1. The van der Waals surface area contributed by atoms with Crippen molar-refractivity contribution in [3.8, 4) is 0 Å². The highest BCUT2D eigenvalue weighted by Gasteiger charge is 2.18. The van der Waals surface area contributed by atoms with Gasteiger partial charge in [0.05, 0.1) is 0 Å². The van der Waals surface area contributed by atoms with Crippen LogP contribution < -0.4 is 16.0 Å². The van der Waals surface area contributed by atoms with Crippen LogP contribution in [0, 0.1) is 0 Å². The zero-order valence-corrected chi connectivity index (χ0v) is 12.4. The number of nitrogens with one attached hydrogen (secondary N) is 1. The molecule has 0 radical (unpaired) electrons. The highest BCUT2D eigenvalue weighted by molar-refractivity contribution is 7.18. The number of benzene rings is 1. The van der Waals surface area contributed by atoms with E-state index in [1.54, 1.807) is 0 Å². The molecule has 1 amide bonds. The monoisotopic (exact) mass is 290 g/mol. The molecule has 0 saturated carbocycles. The van der Waals surface area contributed by atoms with Crippen molar-refractivity contribution in [1.29, 1.82) is 0 Å². The van der Waals surface area contributed by atoms with Gasteiger partial charge in [-0.3, -0.25) is 4.79 Å². The Morgan fingerprint density at radius 3 is 2.55 bits per heavy atom. The lowest BCUT2D eigenvalue weighted by Crippen LogP contribution is -2.21. The normalized spacial score (nSPS) is 10.3. The summed E-state index contributed by atoms with van der Waals surface area (Å²) >= 11 is 1.32. The number of amides is 1. The van der Waals surface area contributed by atoms with E-state index in [2.05, 4.69) is 15.2 Å². The van der Waals surface area contributed by atoms with Gasteiger partial charge in [0.25, 0.3) is 5.91 Å². The maximum Gasteiger partial charge on any atom is 0.269 e. The third kappa shape index (κ3) is 3.08. The lowest BCUT2D eigenvalue weighted by molar-refractivity contribution is 0.103. The fourth-order valence-electron chi connectivity index (χ4n) is 1.82. The number of carbonyl (C=O) groups excluding carboxylic acids is 1. The van der Waals surface area contributed by atoms with E-state index in [0.717, 1.165) is 23.9 Å². The summed E-state index contributed by atoms with van der Waals surface area (Å²) in [7, 11) is 0. The third-order valence-electron chi connectivity index (χ3n) is 2.91. The third-order valence-corrected chi connectivity index (χ3v) is 4.04. The second kappa shape index (κ2) is 6.38. The van der Waals surface area contributed by atoms with Crippen molar-refractivity contribution >= 4 is 33.9 Å². The summed E-state index contributed by atoms with van der Waals surface area (Å²) < 4.78 is 0. The van der Waals surface area contributed by atoms with Crippen LogP contribution in [-0.4, -0.2) is 24.0 Å². The summed E-state index contributed by atoms with van der Waals surface area (Å²) in [5, 5.41) is 3.60. The number of nitrogens with zero attached hydrogens (tertiary/aromatic N) is 2. The van der Waals surface area contributed by atoms with Gasteiger partial charge in [-0.1, -0.05) is 29.5 Å². The van der Waals surface area contributed by atoms with Gasteiger partial charge in [-0.25, -0.2) is 4.98 Å². The molecule has 0 aliphatic rings. The predicted molar refractivity (Wildman–Crippen MR) is 84.5 cm³/mol. The van der Waals surface area contributed by atoms with Crippen molar-refractivity contribution in [2.45, 2.75) is 13.8 Å². The quantitative estimate of drug-likeness (QED) is 0.888. The average Bonchev–Trinajstić information content (AvgIpc) is 2.83. The minimum Gasteiger partial charge on any atom is -0.382 e. The molecular weight excluding hydrogens is 272 g/mol. The largest absolute Gasteiger partial charge is 0.382 e. The van der Waals surface area contributed by atoms with E-state index in [9.17, 15) is 4.79 Å². The first kappa shape index (κ1) is 14.3. The molecule has 5 nitrogen and oxygen atoms in total. The summed E-state index contributed by atoms with van der Waals surface area (Å²) in [6, 6.07) is 9.30. The minimum atomic E-state index is -0.218. The maximum atomic E-state index is 12.2. The van der Waals surface area contributed by atoms with E-state index in [1.807, 2.05) is 44.2 Å². The number of anilines is 3. The topological polar surface area (TPSA) is 71.2 Å². The molecule has 1 aromatic heterocycles. The minimum absolute atomic E-state index is 0.218. The highest BCUT2D eigenvalue weighted by Crippen LogP contribution is 2.28. The number of nitrogen functional groups attached to an aromatic ring is 1. The fourth-order valence-corrected chi connectivity index (χ4v) is 2.83. The second-order valence-corrected chi connectivity index (χ2v) is 5.18. The number of aromatic nitrogens is 1. The first-order valence-corrected chi connectivity index (χ1v) is 7.35. The zero-order chi connectivity index (χ0) is 14.5. The van der Waals surface area contributed by atoms with Crippen molar-refractivity contribution in [3.05, 3.63) is 35.2 Å². The first-order valence-electron chi connectivity index (χ1n) is 6.53. The molecule has 0 unspecified atom stereocenters. The molecule has 0 aliphatic carbocycles. The van der Waals surface area contributed by atoms with Crippen LogP contribution >= 0.6 is 11.3 Å². The first-order chi connectivity index (χ1) is 9.65. The van der Waals surface area contributed by atoms with Gasteiger partial charge in [0.15, 0.2) is 5.13 Å². The molecule has 20 heavy (non-hydrogen) atoms. The Balaban J connectivity index is 2.18. The van der Waals surface area contributed by atoms with E-state index in [0.29, 0.717) is 4.88 Å². The lowest BCUT2D eigenvalue weighted by atomic mass is 10.3. The van der Waals surface area contributed by atoms with Crippen LogP contribution in [0.3, 0.4) is 0 Å². The Labute approximate surface area is 122 Å². The molecule has 3 N–H and O–H groups in total. The number of thiazole rings is 1. The number of hydrogen-bond acceptors (Lipinski definition) is 5. The number of hydrogen-bond donors (Lipinski definition) is 2. The summed E-state index contributed by atoms with van der Waals surface area (Å²) in [5.74, 6) is 0.0648. The molecule has 0 spiro atoms. The SMILES string of the molecule is CCN(CC)c1nc(N)c(C(=O)Nc2ccccc2)s1. The lowest BCUT2D eigenvalue weighted by Gasteiger charge is -2.16. The van der Waals surface area contributed by atoms with Crippen molar-refractivity contribution in [2.24, 2.45) is 0 Å². The Bertz CT molecular complexity index is 578. The summed E-state index contributed by atoms with van der Waals surface area (Å²) in [6.45, 7) is 5.77. The Morgan fingerprint density at radius 1 is 1.30 bits per heavy atom. The fraction of sp³-hybridized carbons (Fsp3) is 0.286. The highest BCUT2D eigenvalue weighted by atomic mass is 32.1. The smallest absolute Gasteiger partial charge is 0.269 e. The molecule has 0 saturated heterocycles. The van der Waals surface area contributed by atoms with Crippen LogP contribution in [0.2, 0.25) is 0 Å². The molecular formula is C14H18N4OS. The molecule has 0 aliphatic heterocycles. The van der Waals surface area contributed by atoms with Gasteiger partial charge in [0.2, 0.25) is 0 Å². The van der Waals surface area contributed by atoms with Gasteiger partial charge in [-0.2, -0.15) is 0 Å². The van der Waals surface area contributed by atoms with E-state index in [-0.39, 0.29) is 11.7 Å². The van der Waals surface area contributed by atoms with Crippen LogP contribution in [0.15, 0.2) is 30.3 Å². The van der Waals surface area contributed by atoms with E-state index < -0.39 is 0 Å².